The number of H-pyrrole nitrogens is 1. The van der Waals surface area contributed by atoms with Crippen molar-refractivity contribution in [3.8, 4) is 11.3 Å². The highest BCUT2D eigenvalue weighted by atomic mass is 35.5. The Kier molecular flexibility index (Phi) is 6.18. The van der Waals surface area contributed by atoms with Crippen LogP contribution >= 0.6 is 24.8 Å². The summed E-state index contributed by atoms with van der Waals surface area (Å²) in [6.07, 6.45) is 3.69. The number of halogens is 2. The predicted octanol–water partition coefficient (Wildman–Crippen LogP) is 5.62. The standard InChI is InChI=1S/C20H17N3.2ClH/c1-14(20-12-21-13-22-20)17-11-19(15-7-3-2-4-8-15)23-18-10-6-5-9-16(17)18;;/h2-14H,1H3,(H,21,22);2*1H. The van der Waals surface area contributed by atoms with Gasteiger partial charge in [-0.05, 0) is 17.7 Å². The Hall–Kier alpha value is -2.36. The van der Waals surface area contributed by atoms with Gasteiger partial charge in [0, 0.05) is 23.1 Å². The Morgan fingerprint density at radius 1 is 0.920 bits per heavy atom. The smallest absolute Gasteiger partial charge is 0.0923 e. The zero-order valence-corrected chi connectivity index (χ0v) is 15.3. The summed E-state index contributed by atoms with van der Waals surface area (Å²) in [5.41, 5.74) is 5.45. The number of imidazole rings is 1. The molecule has 128 valence electrons. The molecule has 0 aliphatic carbocycles. The van der Waals surface area contributed by atoms with Crippen LogP contribution in [0.4, 0.5) is 0 Å². The molecule has 0 saturated carbocycles. The third-order valence-electron chi connectivity index (χ3n) is 4.25. The SMILES string of the molecule is CC(c1c[nH]cn1)c1cc(-c2ccccc2)nc2ccccc12.Cl.Cl. The molecule has 1 atom stereocenters. The minimum absolute atomic E-state index is 0. The van der Waals surface area contributed by atoms with E-state index >= 15 is 0 Å². The van der Waals surface area contributed by atoms with Crippen LogP contribution in [-0.2, 0) is 0 Å². The summed E-state index contributed by atoms with van der Waals surface area (Å²) in [4.78, 5) is 12.3. The molecule has 25 heavy (non-hydrogen) atoms. The molecule has 2 aromatic heterocycles. The van der Waals surface area contributed by atoms with Crippen molar-refractivity contribution < 1.29 is 0 Å². The second kappa shape index (κ2) is 8.15. The summed E-state index contributed by atoms with van der Waals surface area (Å²) in [5.74, 6) is 0.205. The van der Waals surface area contributed by atoms with E-state index in [9.17, 15) is 0 Å². The Bertz CT molecular complexity index is 938. The van der Waals surface area contributed by atoms with Gasteiger partial charge in [0.05, 0.1) is 23.2 Å². The summed E-state index contributed by atoms with van der Waals surface area (Å²) in [6.45, 7) is 2.19. The highest BCUT2D eigenvalue weighted by Gasteiger charge is 2.16. The Morgan fingerprint density at radius 3 is 2.36 bits per heavy atom. The first-order chi connectivity index (χ1) is 11.3. The van der Waals surface area contributed by atoms with Crippen molar-refractivity contribution in [2.75, 3.05) is 0 Å². The lowest BCUT2D eigenvalue weighted by molar-refractivity contribution is 0.891. The van der Waals surface area contributed by atoms with Gasteiger partial charge in [-0.1, -0.05) is 55.5 Å². The minimum Gasteiger partial charge on any atom is -0.351 e. The van der Waals surface area contributed by atoms with Crippen LogP contribution in [0, 0.1) is 0 Å². The quantitative estimate of drug-likeness (QED) is 0.507. The molecular weight excluding hydrogens is 353 g/mol. The van der Waals surface area contributed by atoms with Crippen molar-refractivity contribution in [2.45, 2.75) is 12.8 Å². The second-order valence-corrected chi connectivity index (χ2v) is 5.70. The van der Waals surface area contributed by atoms with Crippen molar-refractivity contribution in [3.63, 3.8) is 0 Å². The van der Waals surface area contributed by atoms with E-state index in [-0.39, 0.29) is 30.7 Å². The number of para-hydroxylation sites is 1. The highest BCUT2D eigenvalue weighted by Crippen LogP contribution is 2.32. The van der Waals surface area contributed by atoms with Gasteiger partial charge in [-0.3, -0.25) is 0 Å². The first kappa shape index (κ1) is 19.0. The van der Waals surface area contributed by atoms with Crippen molar-refractivity contribution >= 4 is 35.7 Å². The van der Waals surface area contributed by atoms with Crippen LogP contribution in [0.5, 0.6) is 0 Å². The normalized spacial score (nSPS) is 11.4. The van der Waals surface area contributed by atoms with E-state index in [0.29, 0.717) is 0 Å². The van der Waals surface area contributed by atoms with Gasteiger partial charge in [0.2, 0.25) is 0 Å². The molecule has 5 heteroatoms. The summed E-state index contributed by atoms with van der Waals surface area (Å²) in [7, 11) is 0. The van der Waals surface area contributed by atoms with E-state index in [0.717, 1.165) is 22.5 Å². The minimum atomic E-state index is 0. The fraction of sp³-hybridized carbons (Fsp3) is 0.100. The van der Waals surface area contributed by atoms with Gasteiger partial charge in [-0.25, -0.2) is 9.97 Å². The van der Waals surface area contributed by atoms with Gasteiger partial charge in [-0.15, -0.1) is 24.8 Å². The number of hydrogen-bond acceptors (Lipinski definition) is 2. The maximum absolute atomic E-state index is 4.84. The number of benzene rings is 2. The topological polar surface area (TPSA) is 41.6 Å². The summed E-state index contributed by atoms with van der Waals surface area (Å²) in [6, 6.07) is 20.8. The number of aromatic nitrogens is 3. The lowest BCUT2D eigenvalue weighted by Gasteiger charge is -2.14. The second-order valence-electron chi connectivity index (χ2n) is 5.70. The molecule has 0 saturated heterocycles. The van der Waals surface area contributed by atoms with Gasteiger partial charge >= 0.3 is 0 Å². The van der Waals surface area contributed by atoms with Crippen molar-refractivity contribution in [1.82, 2.24) is 15.0 Å². The molecule has 4 rings (SSSR count). The number of nitrogens with one attached hydrogen (secondary N) is 1. The Morgan fingerprint density at radius 2 is 1.64 bits per heavy atom. The molecule has 1 unspecified atom stereocenters. The number of pyridine rings is 1. The van der Waals surface area contributed by atoms with E-state index in [4.69, 9.17) is 4.98 Å². The van der Waals surface area contributed by atoms with Gasteiger partial charge in [0.25, 0.3) is 0 Å². The maximum Gasteiger partial charge on any atom is 0.0923 e. The number of rotatable bonds is 3. The zero-order chi connectivity index (χ0) is 15.6. The molecule has 2 aromatic carbocycles. The van der Waals surface area contributed by atoms with E-state index < -0.39 is 0 Å². The van der Waals surface area contributed by atoms with E-state index in [1.54, 1.807) is 6.33 Å². The molecule has 0 radical (unpaired) electrons. The molecule has 0 aliphatic rings. The van der Waals surface area contributed by atoms with Gasteiger partial charge in [0.1, 0.15) is 0 Å². The molecule has 0 aliphatic heterocycles. The molecular formula is C20H19Cl2N3. The van der Waals surface area contributed by atoms with Gasteiger partial charge < -0.3 is 4.98 Å². The molecule has 2 heterocycles. The summed E-state index contributed by atoms with van der Waals surface area (Å²) in [5, 5.41) is 1.18. The molecule has 0 amide bonds. The van der Waals surface area contributed by atoms with Gasteiger partial charge in [-0.2, -0.15) is 0 Å². The van der Waals surface area contributed by atoms with Crippen LogP contribution in [0.2, 0.25) is 0 Å². The van der Waals surface area contributed by atoms with E-state index in [1.807, 2.05) is 30.5 Å². The van der Waals surface area contributed by atoms with Crippen molar-refractivity contribution in [2.24, 2.45) is 0 Å². The Labute approximate surface area is 159 Å². The average molecular weight is 372 g/mol. The fourth-order valence-corrected chi connectivity index (χ4v) is 2.99. The van der Waals surface area contributed by atoms with E-state index in [2.05, 4.69) is 53.3 Å². The van der Waals surface area contributed by atoms with Crippen LogP contribution in [0.1, 0.15) is 24.1 Å². The molecule has 0 bridgehead atoms. The maximum atomic E-state index is 4.84. The first-order valence-corrected chi connectivity index (χ1v) is 7.77. The number of fused-ring (bicyclic) bond motifs is 1. The fourth-order valence-electron chi connectivity index (χ4n) is 2.99. The average Bonchev–Trinajstić information content (AvgIpc) is 3.15. The lowest BCUT2D eigenvalue weighted by Crippen LogP contribution is -2.00. The van der Waals surface area contributed by atoms with Gasteiger partial charge in [0.15, 0.2) is 0 Å². The summed E-state index contributed by atoms with van der Waals surface area (Å²) >= 11 is 0. The molecule has 3 nitrogen and oxygen atoms in total. The highest BCUT2D eigenvalue weighted by molar-refractivity contribution is 5.86. The molecule has 4 aromatic rings. The number of hydrogen-bond donors (Lipinski definition) is 1. The largest absolute Gasteiger partial charge is 0.351 e. The lowest BCUT2D eigenvalue weighted by atomic mass is 9.93. The zero-order valence-electron chi connectivity index (χ0n) is 13.7. The van der Waals surface area contributed by atoms with Crippen LogP contribution in [0.15, 0.2) is 73.2 Å². The third kappa shape index (κ3) is 3.68. The molecule has 0 spiro atoms. The van der Waals surface area contributed by atoms with E-state index in [1.165, 1.54) is 10.9 Å². The predicted molar refractivity (Wildman–Crippen MR) is 108 cm³/mol. The number of nitrogens with zero attached hydrogens (tertiary/aromatic N) is 2. The van der Waals surface area contributed by atoms with Crippen molar-refractivity contribution in [1.29, 1.82) is 0 Å². The third-order valence-corrected chi connectivity index (χ3v) is 4.25. The van der Waals surface area contributed by atoms with Crippen molar-refractivity contribution in [3.05, 3.63) is 84.4 Å². The number of aromatic amines is 1. The van der Waals surface area contributed by atoms with Crippen LogP contribution < -0.4 is 0 Å². The monoisotopic (exact) mass is 371 g/mol. The summed E-state index contributed by atoms with van der Waals surface area (Å²) < 4.78 is 0. The first-order valence-electron chi connectivity index (χ1n) is 7.77. The molecule has 0 fully saturated rings. The van der Waals surface area contributed by atoms with Crippen LogP contribution in [-0.4, -0.2) is 15.0 Å². The Balaban J connectivity index is 0.00000113. The molecule has 1 N–H and O–H groups in total. The van der Waals surface area contributed by atoms with Crippen LogP contribution in [0.3, 0.4) is 0 Å². The van der Waals surface area contributed by atoms with Crippen LogP contribution in [0.25, 0.3) is 22.2 Å².